The molecule has 2 aromatic heterocycles. The van der Waals surface area contributed by atoms with Gasteiger partial charge in [0.1, 0.15) is 5.75 Å². The number of hydrogen-bond acceptors (Lipinski definition) is 3. The molecular formula is C34H34N4O3. The summed E-state index contributed by atoms with van der Waals surface area (Å²) < 4.78 is 5.53. The molecule has 1 unspecified atom stereocenters. The van der Waals surface area contributed by atoms with Gasteiger partial charge in [0.25, 0.3) is 0 Å². The van der Waals surface area contributed by atoms with Crippen molar-refractivity contribution < 1.29 is 14.3 Å². The van der Waals surface area contributed by atoms with Gasteiger partial charge in [-0.05, 0) is 60.7 Å². The SMILES string of the molecule is COc1ccc(C)cc1N1CC(C(=O)N2CCC(c3c[nH]c4ccccc34)(c3c[nH]c4ccccc34)CC2)CC1=O. The molecule has 0 spiro atoms. The lowest BCUT2D eigenvalue weighted by atomic mass is 9.67. The Morgan fingerprint density at radius 3 is 2.12 bits per heavy atom. The Morgan fingerprint density at radius 1 is 0.902 bits per heavy atom. The van der Waals surface area contributed by atoms with Crippen LogP contribution in [0.2, 0.25) is 0 Å². The summed E-state index contributed by atoms with van der Waals surface area (Å²) >= 11 is 0. The van der Waals surface area contributed by atoms with Crippen molar-refractivity contribution in [2.45, 2.75) is 31.6 Å². The zero-order valence-corrected chi connectivity index (χ0v) is 23.4. The number of ether oxygens (including phenoxy) is 1. The van der Waals surface area contributed by atoms with E-state index in [1.54, 1.807) is 12.0 Å². The normalized spacial score (nSPS) is 18.9. The molecule has 1 atom stereocenters. The molecule has 0 aliphatic carbocycles. The maximum atomic E-state index is 13.9. The lowest BCUT2D eigenvalue weighted by molar-refractivity contribution is -0.137. The van der Waals surface area contributed by atoms with Crippen LogP contribution in [-0.2, 0) is 15.0 Å². The second kappa shape index (κ2) is 9.84. The number of likely N-dealkylation sites (tertiary alicyclic amines) is 1. The maximum absolute atomic E-state index is 13.9. The van der Waals surface area contributed by atoms with Crippen molar-refractivity contribution in [3.05, 3.63) is 95.8 Å². The maximum Gasteiger partial charge on any atom is 0.228 e. The van der Waals surface area contributed by atoms with Crippen LogP contribution >= 0.6 is 0 Å². The van der Waals surface area contributed by atoms with Crippen LogP contribution in [0.4, 0.5) is 5.69 Å². The molecule has 7 heteroatoms. The summed E-state index contributed by atoms with van der Waals surface area (Å²) in [5, 5.41) is 2.45. The lowest BCUT2D eigenvalue weighted by Crippen LogP contribution is -2.47. The first kappa shape index (κ1) is 25.4. The van der Waals surface area contributed by atoms with Crippen molar-refractivity contribution in [3.63, 3.8) is 0 Å². The zero-order chi connectivity index (χ0) is 28.1. The van der Waals surface area contributed by atoms with Gasteiger partial charge in [-0.3, -0.25) is 9.59 Å². The fourth-order valence-corrected chi connectivity index (χ4v) is 7.10. The van der Waals surface area contributed by atoms with Gasteiger partial charge in [-0.15, -0.1) is 0 Å². The highest BCUT2D eigenvalue weighted by Gasteiger charge is 2.44. The molecule has 2 N–H and O–H groups in total. The van der Waals surface area contributed by atoms with E-state index in [0.717, 1.165) is 35.1 Å². The number of methoxy groups -OCH3 is 1. The molecule has 2 aliphatic heterocycles. The number of amides is 2. The molecule has 7 rings (SSSR count). The average Bonchev–Trinajstić information content (AvgIpc) is 3.74. The van der Waals surface area contributed by atoms with Crippen LogP contribution in [0, 0.1) is 12.8 Å². The van der Waals surface area contributed by atoms with E-state index < -0.39 is 0 Å². The van der Waals surface area contributed by atoms with E-state index in [-0.39, 0.29) is 29.6 Å². The Balaban J connectivity index is 1.18. The van der Waals surface area contributed by atoms with Gasteiger partial charge in [-0.2, -0.15) is 0 Å². The second-order valence-electron chi connectivity index (χ2n) is 11.5. The summed E-state index contributed by atoms with van der Waals surface area (Å²) in [6, 6.07) is 22.7. The molecule has 41 heavy (non-hydrogen) atoms. The first-order valence-electron chi connectivity index (χ1n) is 14.4. The number of nitrogens with zero attached hydrogens (tertiary/aromatic N) is 2. The first-order valence-corrected chi connectivity index (χ1v) is 14.4. The summed E-state index contributed by atoms with van der Waals surface area (Å²) in [5.74, 6) is 0.328. The molecule has 0 radical (unpaired) electrons. The van der Waals surface area contributed by atoms with Crippen LogP contribution < -0.4 is 9.64 Å². The average molecular weight is 547 g/mol. The number of aryl methyl sites for hydroxylation is 1. The number of para-hydroxylation sites is 2. The van der Waals surface area contributed by atoms with Crippen LogP contribution in [-0.4, -0.2) is 53.4 Å². The second-order valence-corrected chi connectivity index (χ2v) is 11.5. The summed E-state index contributed by atoms with van der Waals surface area (Å²) in [6.07, 6.45) is 6.15. The topological polar surface area (TPSA) is 81.4 Å². The van der Waals surface area contributed by atoms with E-state index in [1.807, 2.05) is 30.0 Å². The van der Waals surface area contributed by atoms with Crippen molar-refractivity contribution in [1.29, 1.82) is 0 Å². The molecule has 2 aliphatic rings. The molecule has 7 nitrogen and oxygen atoms in total. The quantitative estimate of drug-likeness (QED) is 0.287. The van der Waals surface area contributed by atoms with Crippen LogP contribution in [0.1, 0.15) is 36.0 Å². The largest absolute Gasteiger partial charge is 0.495 e. The molecule has 2 fully saturated rings. The smallest absolute Gasteiger partial charge is 0.228 e. The molecule has 208 valence electrons. The van der Waals surface area contributed by atoms with Gasteiger partial charge in [-0.1, -0.05) is 42.5 Å². The Labute approximate surface area is 239 Å². The molecule has 0 bridgehead atoms. The summed E-state index contributed by atoms with van der Waals surface area (Å²) in [5.41, 5.74) is 6.34. The predicted molar refractivity (Wildman–Crippen MR) is 161 cm³/mol. The Bertz CT molecular complexity index is 1700. The number of carbonyl (C=O) groups excluding carboxylic acids is 2. The van der Waals surface area contributed by atoms with Gasteiger partial charge < -0.3 is 24.5 Å². The first-order chi connectivity index (χ1) is 20.0. The Kier molecular flexibility index (Phi) is 6.11. The van der Waals surface area contributed by atoms with Gasteiger partial charge in [0.2, 0.25) is 11.8 Å². The number of nitrogens with one attached hydrogen (secondary N) is 2. The minimum absolute atomic E-state index is 0.0313. The van der Waals surface area contributed by atoms with E-state index in [2.05, 4.69) is 70.9 Å². The molecular weight excluding hydrogens is 512 g/mol. The third-order valence-corrected chi connectivity index (χ3v) is 9.24. The number of aromatic amines is 2. The van der Waals surface area contributed by atoms with E-state index in [0.29, 0.717) is 25.4 Å². The predicted octanol–water partition coefficient (Wildman–Crippen LogP) is 5.93. The van der Waals surface area contributed by atoms with Crippen molar-refractivity contribution in [2.24, 2.45) is 5.92 Å². The number of aromatic nitrogens is 2. The Morgan fingerprint density at radius 2 is 1.51 bits per heavy atom. The fourth-order valence-electron chi connectivity index (χ4n) is 7.10. The van der Waals surface area contributed by atoms with Crippen molar-refractivity contribution in [1.82, 2.24) is 14.9 Å². The van der Waals surface area contributed by atoms with E-state index in [4.69, 9.17) is 4.74 Å². The highest BCUT2D eigenvalue weighted by molar-refractivity contribution is 6.01. The highest BCUT2D eigenvalue weighted by atomic mass is 16.5. The minimum atomic E-state index is -0.360. The molecule has 5 aromatic rings. The number of H-pyrrole nitrogens is 2. The molecule has 4 heterocycles. The summed E-state index contributed by atoms with van der Waals surface area (Å²) in [4.78, 5) is 37.7. The van der Waals surface area contributed by atoms with Gasteiger partial charge in [0, 0.05) is 65.7 Å². The van der Waals surface area contributed by atoms with Crippen LogP contribution in [0.25, 0.3) is 21.8 Å². The molecule has 2 saturated heterocycles. The third-order valence-electron chi connectivity index (χ3n) is 9.24. The third kappa shape index (κ3) is 4.10. The van der Waals surface area contributed by atoms with Gasteiger partial charge in [0.05, 0.1) is 18.7 Å². The summed E-state index contributed by atoms with van der Waals surface area (Å²) in [7, 11) is 1.61. The number of anilines is 1. The zero-order valence-electron chi connectivity index (χ0n) is 23.4. The standard InChI is InChI=1S/C34H34N4O3/c1-22-11-12-31(41-2)30(17-22)38-21-23(18-32(38)39)33(40)37-15-13-34(14-16-37,26-19-35-28-9-5-3-7-24(26)28)27-20-36-29-10-6-4-8-25(27)29/h3-12,17,19-20,23,35-36H,13-16,18,21H2,1-2H3. The number of piperidine rings is 1. The Hall–Kier alpha value is -4.52. The van der Waals surface area contributed by atoms with E-state index >= 15 is 0 Å². The molecule has 0 saturated carbocycles. The number of benzene rings is 3. The van der Waals surface area contributed by atoms with Gasteiger partial charge in [0.15, 0.2) is 0 Å². The van der Waals surface area contributed by atoms with Crippen molar-refractivity contribution >= 4 is 39.3 Å². The number of carbonyl (C=O) groups is 2. The number of hydrogen-bond donors (Lipinski definition) is 2. The van der Waals surface area contributed by atoms with Crippen molar-refractivity contribution in [3.8, 4) is 5.75 Å². The molecule has 3 aromatic carbocycles. The van der Waals surface area contributed by atoms with Crippen LogP contribution in [0.5, 0.6) is 5.75 Å². The van der Waals surface area contributed by atoms with Gasteiger partial charge >= 0.3 is 0 Å². The highest BCUT2D eigenvalue weighted by Crippen LogP contribution is 2.47. The van der Waals surface area contributed by atoms with Crippen molar-refractivity contribution in [2.75, 3.05) is 31.6 Å². The monoisotopic (exact) mass is 546 g/mol. The lowest BCUT2D eigenvalue weighted by Gasteiger charge is -2.43. The van der Waals surface area contributed by atoms with Crippen LogP contribution in [0.3, 0.4) is 0 Å². The molecule has 2 amide bonds. The van der Waals surface area contributed by atoms with Gasteiger partial charge in [-0.25, -0.2) is 0 Å². The number of fused-ring (bicyclic) bond motifs is 2. The van der Waals surface area contributed by atoms with E-state index in [9.17, 15) is 9.59 Å². The van der Waals surface area contributed by atoms with E-state index in [1.165, 1.54) is 21.9 Å². The minimum Gasteiger partial charge on any atom is -0.495 e. The van der Waals surface area contributed by atoms with Crippen LogP contribution in [0.15, 0.2) is 79.1 Å². The fraction of sp³-hybridized carbons (Fsp3) is 0.294. The summed E-state index contributed by atoms with van der Waals surface area (Å²) in [6.45, 7) is 3.64. The number of rotatable bonds is 5.